The highest BCUT2D eigenvalue weighted by Gasteiger charge is 2.24. The molecular formula is C36H39FN6O. The van der Waals surface area contributed by atoms with Crippen LogP contribution in [0.4, 0.5) is 10.2 Å². The smallest absolute Gasteiger partial charge is 0.224 e. The zero-order chi connectivity index (χ0) is 31.4. The first-order chi connectivity index (χ1) is 21.1. The Morgan fingerprint density at radius 3 is 2.70 bits per heavy atom. The van der Waals surface area contributed by atoms with Crippen LogP contribution in [0.25, 0.3) is 11.1 Å². The molecule has 5 N–H and O–H groups in total. The summed E-state index contributed by atoms with van der Waals surface area (Å²) in [6, 6.07) is 10.8. The minimum Gasteiger partial charge on any atom is -0.402 e. The molecule has 0 saturated carbocycles. The fourth-order valence-corrected chi connectivity index (χ4v) is 5.37. The summed E-state index contributed by atoms with van der Waals surface area (Å²) in [4.78, 5) is 25.6. The Balaban J connectivity index is 1.54. The number of allylic oxidation sites excluding steroid dienone is 8. The van der Waals surface area contributed by atoms with Crippen molar-refractivity contribution >= 4 is 28.6 Å². The number of pyridine rings is 1. The highest BCUT2D eigenvalue weighted by Crippen LogP contribution is 2.34. The number of fused-ring (bicyclic) bond motifs is 2. The number of anilines is 1. The van der Waals surface area contributed by atoms with Crippen molar-refractivity contribution in [3.05, 3.63) is 130 Å². The summed E-state index contributed by atoms with van der Waals surface area (Å²) in [7, 11) is 0. The molecule has 0 atom stereocenters. The van der Waals surface area contributed by atoms with Gasteiger partial charge in [-0.1, -0.05) is 56.4 Å². The van der Waals surface area contributed by atoms with E-state index in [0.29, 0.717) is 37.2 Å². The van der Waals surface area contributed by atoms with E-state index in [0.717, 1.165) is 62.0 Å². The van der Waals surface area contributed by atoms with E-state index in [1.54, 1.807) is 12.1 Å². The number of H-pyrrole nitrogens is 1. The van der Waals surface area contributed by atoms with Crippen molar-refractivity contribution in [2.24, 2.45) is 16.6 Å². The van der Waals surface area contributed by atoms with Crippen LogP contribution < -0.4 is 16.4 Å². The summed E-state index contributed by atoms with van der Waals surface area (Å²) in [6.45, 7) is 12.3. The van der Waals surface area contributed by atoms with Gasteiger partial charge in [0.25, 0.3) is 0 Å². The van der Waals surface area contributed by atoms with Crippen molar-refractivity contribution in [2.45, 2.75) is 47.0 Å². The van der Waals surface area contributed by atoms with Gasteiger partial charge in [0.1, 0.15) is 18.3 Å². The van der Waals surface area contributed by atoms with Crippen LogP contribution in [0.1, 0.15) is 74.2 Å². The van der Waals surface area contributed by atoms with E-state index >= 15 is 0 Å². The van der Waals surface area contributed by atoms with Gasteiger partial charge in [-0.3, -0.25) is 9.79 Å². The normalized spacial score (nSPS) is 14.9. The van der Waals surface area contributed by atoms with Crippen LogP contribution in [0.3, 0.4) is 0 Å². The molecule has 226 valence electrons. The van der Waals surface area contributed by atoms with Crippen LogP contribution in [0.5, 0.6) is 0 Å². The third-order valence-corrected chi connectivity index (χ3v) is 7.39. The first-order valence-electron chi connectivity index (χ1n) is 14.8. The van der Waals surface area contributed by atoms with E-state index in [9.17, 15) is 9.18 Å². The van der Waals surface area contributed by atoms with Crippen molar-refractivity contribution < 1.29 is 9.18 Å². The number of nitrogens with two attached hydrogens (primary N) is 1. The first kappa shape index (κ1) is 30.5. The molecule has 1 aliphatic heterocycles. The minimum atomic E-state index is -0.294. The molecular weight excluding hydrogens is 551 g/mol. The molecule has 1 aromatic carbocycles. The molecule has 1 aliphatic carbocycles. The van der Waals surface area contributed by atoms with E-state index in [1.165, 1.54) is 6.07 Å². The predicted molar refractivity (Wildman–Crippen MR) is 177 cm³/mol. The highest BCUT2D eigenvalue weighted by atomic mass is 19.1. The third-order valence-electron chi connectivity index (χ3n) is 7.39. The quantitative estimate of drug-likeness (QED) is 0.159. The Morgan fingerprint density at radius 2 is 1.95 bits per heavy atom. The molecule has 0 radical (unpaired) electrons. The number of carbonyl (C=O) groups is 1. The summed E-state index contributed by atoms with van der Waals surface area (Å²) in [6.07, 6.45) is 11.2. The molecule has 3 aromatic rings. The number of nitrogens with one attached hydrogen (secondary N) is 3. The lowest BCUT2D eigenvalue weighted by Crippen LogP contribution is -2.22. The third kappa shape index (κ3) is 6.97. The van der Waals surface area contributed by atoms with Gasteiger partial charge in [-0.05, 0) is 67.7 Å². The largest absolute Gasteiger partial charge is 0.402 e. The summed E-state index contributed by atoms with van der Waals surface area (Å²) in [5.74, 6) is 0.682. The summed E-state index contributed by atoms with van der Waals surface area (Å²) < 4.78 is 14.9. The lowest BCUT2D eigenvalue weighted by molar-refractivity contribution is -0.121. The second-order valence-electron chi connectivity index (χ2n) is 11.8. The second-order valence-corrected chi connectivity index (χ2v) is 11.8. The molecule has 2 aromatic heterocycles. The van der Waals surface area contributed by atoms with Crippen LogP contribution in [0, 0.1) is 11.7 Å². The Hall–Kier alpha value is -4.98. The Morgan fingerprint density at radius 1 is 1.16 bits per heavy atom. The maximum absolute atomic E-state index is 14.9. The summed E-state index contributed by atoms with van der Waals surface area (Å²) in [5.41, 5.74) is 16.0. The molecule has 0 saturated heterocycles. The lowest BCUT2D eigenvalue weighted by Gasteiger charge is -2.18. The average molecular weight is 591 g/mol. The molecule has 0 bridgehead atoms. The first-order valence-corrected chi connectivity index (χ1v) is 14.8. The monoisotopic (exact) mass is 590 g/mol. The Bertz CT molecular complexity index is 1770. The zero-order valence-electron chi connectivity index (χ0n) is 25.7. The summed E-state index contributed by atoms with van der Waals surface area (Å²) in [5, 5.41) is 6.28. The van der Waals surface area contributed by atoms with Gasteiger partial charge in [0, 0.05) is 58.4 Å². The van der Waals surface area contributed by atoms with Gasteiger partial charge in [0.05, 0.1) is 11.4 Å². The number of carbonyl (C=O) groups excluding carboxylic acids is 1. The van der Waals surface area contributed by atoms with Gasteiger partial charge in [-0.2, -0.15) is 0 Å². The van der Waals surface area contributed by atoms with E-state index < -0.39 is 0 Å². The minimum absolute atomic E-state index is 0.0130. The van der Waals surface area contributed by atoms with Gasteiger partial charge in [-0.15, -0.1) is 0 Å². The van der Waals surface area contributed by atoms with Gasteiger partial charge in [0.2, 0.25) is 5.91 Å². The fourth-order valence-electron chi connectivity index (χ4n) is 5.37. The molecule has 3 heterocycles. The summed E-state index contributed by atoms with van der Waals surface area (Å²) >= 11 is 0. The SMILES string of the molecule is C=C(C)C/C=C(\C=C(/C)NC(=O)CC(C)C)c1cnc2c(c1)C(c1cc3c([nH]1)CC(N)=CC=C3c1ccccc1F)=NCN2. The Labute approximate surface area is 258 Å². The molecule has 0 spiro atoms. The molecule has 0 unspecified atom stereocenters. The van der Waals surface area contributed by atoms with Crippen LogP contribution in [-0.2, 0) is 11.2 Å². The molecule has 1 amide bonds. The van der Waals surface area contributed by atoms with E-state index in [2.05, 4.69) is 34.3 Å². The number of hydrogen-bond donors (Lipinski definition) is 4. The van der Waals surface area contributed by atoms with Gasteiger partial charge in [0.15, 0.2) is 0 Å². The van der Waals surface area contributed by atoms with Gasteiger partial charge >= 0.3 is 0 Å². The number of nitrogens with zero attached hydrogens (tertiary/aromatic N) is 2. The second kappa shape index (κ2) is 13.1. The van der Waals surface area contributed by atoms with Crippen LogP contribution >= 0.6 is 0 Å². The van der Waals surface area contributed by atoms with Crippen LogP contribution in [-0.4, -0.2) is 28.3 Å². The average Bonchev–Trinajstić information content (AvgIpc) is 3.31. The van der Waals surface area contributed by atoms with Crippen molar-refractivity contribution in [3.63, 3.8) is 0 Å². The van der Waals surface area contributed by atoms with Gasteiger partial charge in [-0.25, -0.2) is 9.37 Å². The lowest BCUT2D eigenvalue weighted by atomic mass is 9.96. The Kier molecular flexibility index (Phi) is 9.09. The van der Waals surface area contributed by atoms with Crippen molar-refractivity contribution in [1.82, 2.24) is 15.3 Å². The number of aromatic nitrogens is 2. The maximum atomic E-state index is 14.9. The molecule has 2 aliphatic rings. The topological polar surface area (TPSA) is 108 Å². The fraction of sp³-hybridized carbons (Fsp3) is 0.250. The van der Waals surface area contributed by atoms with E-state index in [-0.39, 0.29) is 17.6 Å². The zero-order valence-corrected chi connectivity index (χ0v) is 25.7. The number of aromatic amines is 1. The molecule has 8 heteroatoms. The number of halogens is 1. The van der Waals surface area contributed by atoms with Crippen LogP contribution in [0.2, 0.25) is 0 Å². The number of rotatable bonds is 9. The van der Waals surface area contributed by atoms with Gasteiger partial charge < -0.3 is 21.4 Å². The van der Waals surface area contributed by atoms with E-state index in [1.807, 2.05) is 64.3 Å². The van der Waals surface area contributed by atoms with Crippen molar-refractivity contribution in [2.75, 3.05) is 12.0 Å². The molecule has 0 fully saturated rings. The number of benzene rings is 1. The molecule has 7 nitrogen and oxygen atoms in total. The van der Waals surface area contributed by atoms with Crippen molar-refractivity contribution in [1.29, 1.82) is 0 Å². The van der Waals surface area contributed by atoms with Crippen molar-refractivity contribution in [3.8, 4) is 0 Å². The highest BCUT2D eigenvalue weighted by molar-refractivity contribution is 6.16. The molecule has 5 rings (SSSR count). The standard InChI is InChI=1S/C36H39FN6O/c1-21(2)10-11-24(15-23(5)42-34(44)14-22(3)4)25-16-30-35(40-20-41-36(30)39-19-25)33-18-29-27(28-8-6-7-9-31(28)37)13-12-26(38)17-32(29)43-33/h6-9,11-13,15-16,18-19,22,43H,1,10,14,17,20,38H2,2-5H3,(H,39,41)(H,42,44)/b23-15+,24-11+. The maximum Gasteiger partial charge on any atom is 0.224 e. The number of aliphatic imine (C=N–C) groups is 1. The van der Waals surface area contributed by atoms with E-state index in [4.69, 9.17) is 15.7 Å². The number of hydrogen-bond acceptors (Lipinski definition) is 5. The van der Waals surface area contributed by atoms with Crippen LogP contribution in [0.15, 0.2) is 95.4 Å². The molecule has 44 heavy (non-hydrogen) atoms. The number of amides is 1. The predicted octanol–water partition coefficient (Wildman–Crippen LogP) is 7.02.